The van der Waals surface area contributed by atoms with Gasteiger partial charge < -0.3 is 15.0 Å². The lowest BCUT2D eigenvalue weighted by atomic mass is 9.93. The van der Waals surface area contributed by atoms with E-state index < -0.39 is 5.92 Å². The van der Waals surface area contributed by atoms with Gasteiger partial charge >= 0.3 is 0 Å². The van der Waals surface area contributed by atoms with Crippen LogP contribution in [0.25, 0.3) is 10.9 Å². The van der Waals surface area contributed by atoms with Crippen molar-refractivity contribution in [3.63, 3.8) is 0 Å². The Hall–Kier alpha value is -2.98. The molecule has 1 aromatic carbocycles. The Balaban J connectivity index is 1.24. The summed E-state index contributed by atoms with van der Waals surface area (Å²) >= 11 is 0. The number of piperazine rings is 1. The number of fused-ring (bicyclic) bond motifs is 1. The number of aryl methyl sites for hydroxylation is 1. The molecule has 0 radical (unpaired) electrons. The Bertz CT molecular complexity index is 1080. The van der Waals surface area contributed by atoms with E-state index in [1.54, 1.807) is 4.68 Å². The highest BCUT2D eigenvalue weighted by Gasteiger charge is 2.32. The second-order valence-electron chi connectivity index (χ2n) is 9.39. The molecule has 182 valence electrons. The van der Waals surface area contributed by atoms with E-state index in [0.717, 1.165) is 55.7 Å². The van der Waals surface area contributed by atoms with Crippen molar-refractivity contribution in [1.82, 2.24) is 30.2 Å². The molecule has 3 saturated heterocycles. The van der Waals surface area contributed by atoms with Crippen LogP contribution in [-0.2, 0) is 21.4 Å². The Kier molecular flexibility index (Phi) is 6.51. The SMILES string of the molecule is Cn1nc(C2CCC(=O)NC2=O)c2cccc(OC3CCN(C(=O)CN4CCNCC4)CC3)c21. The lowest BCUT2D eigenvalue weighted by Crippen LogP contribution is -2.50. The maximum Gasteiger partial charge on any atom is 0.236 e. The third kappa shape index (κ3) is 4.65. The number of rotatable bonds is 5. The fraction of sp³-hybridized carbons (Fsp3) is 0.583. The molecule has 5 rings (SSSR count). The molecule has 0 aliphatic carbocycles. The zero-order chi connectivity index (χ0) is 23.7. The van der Waals surface area contributed by atoms with Crippen LogP contribution in [0.5, 0.6) is 5.75 Å². The smallest absolute Gasteiger partial charge is 0.236 e. The summed E-state index contributed by atoms with van der Waals surface area (Å²) in [4.78, 5) is 40.8. The van der Waals surface area contributed by atoms with Crippen LogP contribution in [0.4, 0.5) is 0 Å². The van der Waals surface area contributed by atoms with Crippen LogP contribution in [0.1, 0.15) is 37.3 Å². The number of hydrogen-bond acceptors (Lipinski definition) is 7. The van der Waals surface area contributed by atoms with Crippen molar-refractivity contribution in [1.29, 1.82) is 0 Å². The van der Waals surface area contributed by atoms with E-state index in [1.807, 2.05) is 30.1 Å². The Labute approximate surface area is 198 Å². The lowest BCUT2D eigenvalue weighted by Gasteiger charge is -2.34. The van der Waals surface area contributed by atoms with Crippen molar-refractivity contribution in [3.8, 4) is 5.75 Å². The summed E-state index contributed by atoms with van der Waals surface area (Å²) in [6.45, 7) is 5.59. The van der Waals surface area contributed by atoms with E-state index in [9.17, 15) is 14.4 Å². The van der Waals surface area contributed by atoms with Gasteiger partial charge in [-0.1, -0.05) is 12.1 Å². The maximum atomic E-state index is 12.7. The molecule has 4 heterocycles. The highest BCUT2D eigenvalue weighted by Crippen LogP contribution is 2.35. The first-order chi connectivity index (χ1) is 16.5. The summed E-state index contributed by atoms with van der Waals surface area (Å²) in [6.07, 6.45) is 2.35. The average molecular weight is 469 g/mol. The van der Waals surface area contributed by atoms with Crippen molar-refractivity contribution in [2.24, 2.45) is 7.05 Å². The van der Waals surface area contributed by atoms with Gasteiger partial charge in [0.2, 0.25) is 17.7 Å². The maximum absolute atomic E-state index is 12.7. The van der Waals surface area contributed by atoms with Crippen LogP contribution in [0.3, 0.4) is 0 Å². The van der Waals surface area contributed by atoms with Crippen LogP contribution in [0.2, 0.25) is 0 Å². The average Bonchev–Trinajstić information content (AvgIpc) is 3.17. The molecule has 3 fully saturated rings. The minimum absolute atomic E-state index is 0.0165. The molecule has 1 aromatic heterocycles. The fourth-order valence-electron chi connectivity index (χ4n) is 5.20. The number of carbonyl (C=O) groups is 3. The highest BCUT2D eigenvalue weighted by atomic mass is 16.5. The van der Waals surface area contributed by atoms with Crippen LogP contribution in [0, 0.1) is 0 Å². The third-order valence-corrected chi connectivity index (χ3v) is 7.08. The second-order valence-corrected chi connectivity index (χ2v) is 9.39. The predicted octanol–water partition coefficient (Wildman–Crippen LogP) is 0.369. The van der Waals surface area contributed by atoms with Gasteiger partial charge in [-0.15, -0.1) is 0 Å². The number of ether oxygens (including phenoxy) is 1. The normalized spacial score (nSPS) is 22.7. The van der Waals surface area contributed by atoms with Gasteiger partial charge in [0.25, 0.3) is 0 Å². The van der Waals surface area contributed by atoms with Crippen LogP contribution in [-0.4, -0.2) is 89.2 Å². The quantitative estimate of drug-likeness (QED) is 0.611. The Morgan fingerprint density at radius 2 is 1.88 bits per heavy atom. The van der Waals surface area contributed by atoms with Crippen molar-refractivity contribution in [3.05, 3.63) is 23.9 Å². The largest absolute Gasteiger partial charge is 0.488 e. The second kappa shape index (κ2) is 9.71. The summed E-state index contributed by atoms with van der Waals surface area (Å²) in [7, 11) is 1.85. The number of nitrogens with zero attached hydrogens (tertiary/aromatic N) is 4. The zero-order valence-corrected chi connectivity index (χ0v) is 19.6. The van der Waals surface area contributed by atoms with E-state index in [-0.39, 0.29) is 23.8 Å². The number of para-hydroxylation sites is 1. The van der Waals surface area contributed by atoms with Gasteiger partial charge in [-0.25, -0.2) is 0 Å². The first-order valence-electron chi connectivity index (χ1n) is 12.2. The molecule has 0 bridgehead atoms. The van der Waals surface area contributed by atoms with E-state index in [2.05, 4.69) is 20.6 Å². The molecule has 3 aliphatic heterocycles. The molecule has 1 atom stereocenters. The van der Waals surface area contributed by atoms with Gasteiger partial charge in [0.1, 0.15) is 17.4 Å². The first-order valence-corrected chi connectivity index (χ1v) is 12.2. The molecule has 3 aliphatic rings. The number of likely N-dealkylation sites (tertiary alicyclic amines) is 1. The molecule has 0 spiro atoms. The monoisotopic (exact) mass is 468 g/mol. The molecular weight excluding hydrogens is 436 g/mol. The fourth-order valence-corrected chi connectivity index (χ4v) is 5.20. The number of carbonyl (C=O) groups excluding carboxylic acids is 3. The number of benzene rings is 1. The molecule has 1 unspecified atom stereocenters. The van der Waals surface area contributed by atoms with Crippen molar-refractivity contribution in [2.45, 2.75) is 37.7 Å². The minimum atomic E-state index is -0.443. The van der Waals surface area contributed by atoms with Crippen LogP contribution >= 0.6 is 0 Å². The zero-order valence-electron chi connectivity index (χ0n) is 19.6. The summed E-state index contributed by atoms with van der Waals surface area (Å²) in [5, 5.41) is 11.2. The molecule has 2 N–H and O–H groups in total. The van der Waals surface area contributed by atoms with Gasteiger partial charge in [-0.2, -0.15) is 5.10 Å². The number of nitrogens with one attached hydrogen (secondary N) is 2. The molecule has 2 aromatic rings. The number of amides is 3. The van der Waals surface area contributed by atoms with Crippen LogP contribution in [0.15, 0.2) is 18.2 Å². The molecule has 10 heteroatoms. The molecular formula is C24H32N6O4. The number of piperidine rings is 2. The summed E-state index contributed by atoms with van der Waals surface area (Å²) < 4.78 is 8.16. The predicted molar refractivity (Wildman–Crippen MR) is 125 cm³/mol. The van der Waals surface area contributed by atoms with E-state index >= 15 is 0 Å². The Morgan fingerprint density at radius 1 is 1.12 bits per heavy atom. The van der Waals surface area contributed by atoms with E-state index in [1.165, 1.54) is 0 Å². The summed E-state index contributed by atoms with van der Waals surface area (Å²) in [6, 6.07) is 5.80. The number of imide groups is 1. The van der Waals surface area contributed by atoms with Gasteiger partial charge in [0, 0.05) is 71.0 Å². The molecule has 10 nitrogen and oxygen atoms in total. The molecule has 34 heavy (non-hydrogen) atoms. The van der Waals surface area contributed by atoms with Crippen molar-refractivity contribution >= 4 is 28.6 Å². The highest BCUT2D eigenvalue weighted by molar-refractivity contribution is 6.02. The summed E-state index contributed by atoms with van der Waals surface area (Å²) in [5.74, 6) is -0.0371. The first kappa shape index (κ1) is 22.8. The lowest BCUT2D eigenvalue weighted by molar-refractivity contribution is -0.135. The van der Waals surface area contributed by atoms with E-state index in [4.69, 9.17) is 4.74 Å². The summed E-state index contributed by atoms with van der Waals surface area (Å²) in [5.41, 5.74) is 1.53. The van der Waals surface area contributed by atoms with E-state index in [0.29, 0.717) is 38.2 Å². The standard InChI is InChI=1S/C24H32N6O4/c1-28-23-17(22(27-28)18-5-6-20(31)26-24(18)33)3-2-4-19(23)34-16-7-11-30(12-8-16)21(32)15-29-13-9-25-10-14-29/h2-4,16,18,25H,5-15H2,1H3,(H,26,31,33). The molecule has 3 amide bonds. The number of hydrogen-bond donors (Lipinski definition) is 2. The topological polar surface area (TPSA) is 109 Å². The van der Waals surface area contributed by atoms with Crippen molar-refractivity contribution < 1.29 is 19.1 Å². The molecule has 0 saturated carbocycles. The Morgan fingerprint density at radius 3 is 2.62 bits per heavy atom. The van der Waals surface area contributed by atoms with Crippen LogP contribution < -0.4 is 15.4 Å². The van der Waals surface area contributed by atoms with Crippen molar-refractivity contribution in [2.75, 3.05) is 45.8 Å². The third-order valence-electron chi connectivity index (χ3n) is 7.08. The van der Waals surface area contributed by atoms with Gasteiger partial charge in [0.05, 0.1) is 18.2 Å². The van der Waals surface area contributed by atoms with Gasteiger partial charge in [-0.05, 0) is 12.5 Å². The van der Waals surface area contributed by atoms with Gasteiger partial charge in [0.15, 0.2) is 0 Å². The van der Waals surface area contributed by atoms with Gasteiger partial charge in [-0.3, -0.25) is 29.3 Å². The number of aromatic nitrogens is 2. The minimum Gasteiger partial charge on any atom is -0.488 e.